The van der Waals surface area contributed by atoms with E-state index in [9.17, 15) is 19.1 Å². The van der Waals surface area contributed by atoms with E-state index in [-0.39, 0.29) is 9.90 Å². The minimum absolute atomic E-state index is 0.203. The Bertz CT molecular complexity index is 741. The number of carbonyl (C=O) groups is 2. The van der Waals surface area contributed by atoms with Crippen molar-refractivity contribution < 1.29 is 19.1 Å². The van der Waals surface area contributed by atoms with Crippen molar-refractivity contribution in [2.75, 3.05) is 7.05 Å². The summed E-state index contributed by atoms with van der Waals surface area (Å²) in [6.07, 6.45) is 0. The molecule has 1 amide bonds. The van der Waals surface area contributed by atoms with Gasteiger partial charge >= 0.3 is 5.97 Å². The van der Waals surface area contributed by atoms with Crippen molar-refractivity contribution in [2.45, 2.75) is 19.4 Å². The maximum Gasteiger partial charge on any atom is 0.329 e. The third-order valence-corrected chi connectivity index (χ3v) is 5.10. The fourth-order valence-corrected chi connectivity index (χ4v) is 3.24. The van der Waals surface area contributed by atoms with Gasteiger partial charge in [0, 0.05) is 17.1 Å². The number of hydrogen-bond acceptors (Lipinski definition) is 3. The summed E-state index contributed by atoms with van der Waals surface area (Å²) in [5.41, 5.74) is -1.37. The highest BCUT2D eigenvalue weighted by molar-refractivity contribution is 7.21. The van der Waals surface area contributed by atoms with Crippen molar-refractivity contribution in [1.82, 2.24) is 4.90 Å². The Hall–Kier alpha value is -1.66. The normalized spacial score (nSPS) is 11.7. The maximum absolute atomic E-state index is 13.2. The molecule has 2 rings (SSSR count). The van der Waals surface area contributed by atoms with Gasteiger partial charge in [0.15, 0.2) is 0 Å². The van der Waals surface area contributed by atoms with Gasteiger partial charge in [0.25, 0.3) is 5.91 Å². The Labute approximate surface area is 129 Å². The van der Waals surface area contributed by atoms with Crippen LogP contribution in [0.2, 0.25) is 5.02 Å². The van der Waals surface area contributed by atoms with Crippen LogP contribution in [0.3, 0.4) is 0 Å². The van der Waals surface area contributed by atoms with E-state index in [0.717, 1.165) is 16.2 Å². The zero-order valence-electron chi connectivity index (χ0n) is 11.6. The van der Waals surface area contributed by atoms with Crippen LogP contribution < -0.4 is 0 Å². The zero-order valence-corrected chi connectivity index (χ0v) is 13.2. The molecule has 1 heterocycles. The quantitative estimate of drug-likeness (QED) is 0.935. The maximum atomic E-state index is 13.2. The topological polar surface area (TPSA) is 57.6 Å². The van der Waals surface area contributed by atoms with Crippen LogP contribution in [0.25, 0.3) is 10.1 Å². The number of thiophene rings is 1. The van der Waals surface area contributed by atoms with Gasteiger partial charge in [0.05, 0.1) is 5.02 Å². The van der Waals surface area contributed by atoms with E-state index in [0.29, 0.717) is 10.1 Å². The summed E-state index contributed by atoms with van der Waals surface area (Å²) < 4.78 is 13.8. The first kappa shape index (κ1) is 15.7. The Morgan fingerprint density at radius 3 is 2.57 bits per heavy atom. The molecule has 0 aliphatic rings. The first-order chi connectivity index (χ1) is 9.66. The summed E-state index contributed by atoms with van der Waals surface area (Å²) in [5, 5.41) is 9.97. The molecule has 0 spiro atoms. The summed E-state index contributed by atoms with van der Waals surface area (Å²) >= 11 is 7.22. The van der Waals surface area contributed by atoms with Gasteiger partial charge in [-0.15, -0.1) is 11.3 Å². The van der Waals surface area contributed by atoms with Crippen LogP contribution in [-0.2, 0) is 4.79 Å². The lowest BCUT2D eigenvalue weighted by Gasteiger charge is -2.31. The van der Waals surface area contributed by atoms with Gasteiger partial charge in [-0.05, 0) is 32.0 Å². The van der Waals surface area contributed by atoms with Gasteiger partial charge in [-0.25, -0.2) is 9.18 Å². The van der Waals surface area contributed by atoms with Crippen LogP contribution in [-0.4, -0.2) is 34.5 Å². The molecule has 0 aliphatic heterocycles. The van der Waals surface area contributed by atoms with E-state index in [1.54, 1.807) is 0 Å². The van der Waals surface area contributed by atoms with E-state index < -0.39 is 23.2 Å². The number of aliphatic carboxylic acids is 1. The molecule has 0 atom stereocenters. The lowest BCUT2D eigenvalue weighted by atomic mass is 10.0. The molecule has 0 saturated heterocycles. The predicted molar refractivity (Wildman–Crippen MR) is 80.6 cm³/mol. The molecular formula is C14H13ClFNO3S. The molecule has 0 fully saturated rings. The van der Waals surface area contributed by atoms with Crippen LogP contribution in [0.4, 0.5) is 4.39 Å². The highest BCUT2D eigenvalue weighted by atomic mass is 35.5. The van der Waals surface area contributed by atoms with Crippen LogP contribution in [0.1, 0.15) is 23.5 Å². The number of amides is 1. The average molecular weight is 330 g/mol. The molecule has 0 bridgehead atoms. The number of carbonyl (C=O) groups excluding carboxylic acids is 1. The summed E-state index contributed by atoms with van der Waals surface area (Å²) in [6.45, 7) is 2.85. The highest BCUT2D eigenvalue weighted by Crippen LogP contribution is 2.37. The number of carboxylic acid groups (broad SMARTS) is 1. The molecule has 0 radical (unpaired) electrons. The lowest BCUT2D eigenvalue weighted by molar-refractivity contribution is -0.147. The molecule has 1 N–H and O–H groups in total. The number of hydrogen-bond donors (Lipinski definition) is 1. The largest absolute Gasteiger partial charge is 0.480 e. The highest BCUT2D eigenvalue weighted by Gasteiger charge is 2.37. The lowest BCUT2D eigenvalue weighted by Crippen LogP contribution is -2.50. The van der Waals surface area contributed by atoms with Crippen LogP contribution in [0.15, 0.2) is 18.2 Å². The van der Waals surface area contributed by atoms with Crippen molar-refractivity contribution in [1.29, 1.82) is 0 Å². The molecule has 4 nitrogen and oxygen atoms in total. The molecule has 7 heteroatoms. The van der Waals surface area contributed by atoms with Crippen LogP contribution in [0.5, 0.6) is 0 Å². The van der Waals surface area contributed by atoms with E-state index >= 15 is 0 Å². The average Bonchev–Trinajstić information content (AvgIpc) is 2.73. The van der Waals surface area contributed by atoms with E-state index in [2.05, 4.69) is 0 Å². The van der Waals surface area contributed by atoms with E-state index in [1.807, 2.05) is 0 Å². The van der Waals surface area contributed by atoms with E-state index in [4.69, 9.17) is 11.6 Å². The molecule has 0 unspecified atom stereocenters. The second kappa shape index (κ2) is 5.27. The summed E-state index contributed by atoms with van der Waals surface area (Å²) in [7, 11) is 1.40. The fourth-order valence-electron chi connectivity index (χ4n) is 1.73. The Balaban J connectivity index is 2.49. The van der Waals surface area contributed by atoms with Crippen LogP contribution in [0, 0.1) is 5.82 Å². The second-order valence-corrected chi connectivity index (χ2v) is 6.54. The van der Waals surface area contributed by atoms with Gasteiger partial charge < -0.3 is 10.0 Å². The van der Waals surface area contributed by atoms with E-state index in [1.165, 1.54) is 39.1 Å². The van der Waals surface area contributed by atoms with Gasteiger partial charge in [-0.3, -0.25) is 4.79 Å². The van der Waals surface area contributed by atoms with Gasteiger partial charge in [-0.2, -0.15) is 0 Å². The third kappa shape index (κ3) is 2.61. The van der Waals surface area contributed by atoms with Crippen molar-refractivity contribution in [3.63, 3.8) is 0 Å². The van der Waals surface area contributed by atoms with Gasteiger partial charge in [0.1, 0.15) is 16.2 Å². The number of carboxylic acids is 1. The standard InChI is InChI=1S/C14H13ClFNO3S/c1-14(2,13(19)20)17(3)12(18)11-10(15)8-5-4-7(16)6-9(8)21-11/h4-6H,1-3H3,(H,19,20). The number of benzene rings is 1. The molecule has 21 heavy (non-hydrogen) atoms. The molecule has 0 saturated carbocycles. The monoisotopic (exact) mass is 329 g/mol. The van der Waals surface area contributed by atoms with Gasteiger partial charge in [-0.1, -0.05) is 11.6 Å². The minimum Gasteiger partial charge on any atom is -0.480 e. The zero-order chi connectivity index (χ0) is 15.9. The number of rotatable bonds is 3. The molecule has 1 aromatic heterocycles. The smallest absolute Gasteiger partial charge is 0.329 e. The first-order valence-electron chi connectivity index (χ1n) is 6.05. The predicted octanol–water partition coefficient (Wildman–Crippen LogP) is 3.63. The first-order valence-corrected chi connectivity index (χ1v) is 7.24. The fraction of sp³-hybridized carbons (Fsp3) is 0.286. The number of halogens is 2. The number of likely N-dealkylation sites (N-methyl/N-ethyl adjacent to an activating group) is 1. The molecule has 0 aliphatic carbocycles. The summed E-state index contributed by atoms with van der Waals surface area (Å²) in [6, 6.07) is 4.06. The molecular weight excluding hydrogens is 317 g/mol. The third-order valence-electron chi connectivity index (χ3n) is 3.45. The minimum atomic E-state index is -1.37. The Morgan fingerprint density at radius 1 is 1.38 bits per heavy atom. The molecule has 1 aromatic carbocycles. The van der Waals surface area contributed by atoms with Crippen molar-refractivity contribution in [3.05, 3.63) is 33.9 Å². The summed E-state index contributed by atoms with van der Waals surface area (Å²) in [5.74, 6) is -2.05. The number of nitrogens with zero attached hydrogens (tertiary/aromatic N) is 1. The molecule has 2 aromatic rings. The Kier molecular flexibility index (Phi) is 3.95. The van der Waals surface area contributed by atoms with Crippen molar-refractivity contribution >= 4 is 44.9 Å². The summed E-state index contributed by atoms with van der Waals surface area (Å²) in [4.78, 5) is 25.0. The van der Waals surface area contributed by atoms with Crippen LogP contribution >= 0.6 is 22.9 Å². The van der Waals surface area contributed by atoms with Crippen molar-refractivity contribution in [2.24, 2.45) is 0 Å². The van der Waals surface area contributed by atoms with Crippen molar-refractivity contribution in [3.8, 4) is 0 Å². The molecule has 112 valence electrons. The second-order valence-electron chi connectivity index (χ2n) is 5.11. The number of fused-ring (bicyclic) bond motifs is 1. The Morgan fingerprint density at radius 2 is 2.00 bits per heavy atom. The SMILES string of the molecule is CN(C(=O)c1sc2cc(F)ccc2c1Cl)C(C)(C)C(=O)O. The van der Waals surface area contributed by atoms with Gasteiger partial charge in [0.2, 0.25) is 0 Å².